The highest BCUT2D eigenvalue weighted by atomic mass is 16.1. The first-order valence-corrected chi connectivity index (χ1v) is 4.37. The third-order valence-electron chi connectivity index (χ3n) is 1.84. The van der Waals surface area contributed by atoms with Crippen molar-refractivity contribution >= 4 is 5.78 Å². The Morgan fingerprint density at radius 1 is 1.33 bits per heavy atom. The van der Waals surface area contributed by atoms with E-state index in [1.54, 1.807) is 0 Å². The van der Waals surface area contributed by atoms with Gasteiger partial charge in [0.15, 0.2) is 5.78 Å². The maximum atomic E-state index is 11.4. The summed E-state index contributed by atoms with van der Waals surface area (Å²) in [6.07, 6.45) is 1.58. The SMILES string of the molecule is C=C(CC)CC(=C)C(=O)C(C)C. The number of carbonyl (C=O) groups is 1. The molecule has 0 amide bonds. The van der Waals surface area contributed by atoms with Crippen molar-refractivity contribution in [3.8, 4) is 0 Å². The topological polar surface area (TPSA) is 17.1 Å². The van der Waals surface area contributed by atoms with Crippen molar-refractivity contribution in [3.05, 3.63) is 24.3 Å². The average molecular weight is 166 g/mol. The van der Waals surface area contributed by atoms with Crippen molar-refractivity contribution in [3.63, 3.8) is 0 Å². The summed E-state index contributed by atoms with van der Waals surface area (Å²) in [5.41, 5.74) is 1.77. The fourth-order valence-electron chi connectivity index (χ4n) is 0.922. The maximum Gasteiger partial charge on any atom is 0.161 e. The number of carbonyl (C=O) groups excluding carboxylic acids is 1. The second-order valence-corrected chi connectivity index (χ2v) is 3.40. The summed E-state index contributed by atoms with van der Waals surface area (Å²) in [6, 6.07) is 0. The fourth-order valence-corrected chi connectivity index (χ4v) is 0.922. The molecule has 0 rings (SSSR count). The van der Waals surface area contributed by atoms with Gasteiger partial charge in [-0.25, -0.2) is 0 Å². The van der Waals surface area contributed by atoms with Crippen LogP contribution < -0.4 is 0 Å². The lowest BCUT2D eigenvalue weighted by Gasteiger charge is -2.07. The van der Waals surface area contributed by atoms with E-state index in [4.69, 9.17) is 0 Å². The third kappa shape index (κ3) is 3.51. The summed E-state index contributed by atoms with van der Waals surface area (Å²) in [7, 11) is 0. The summed E-state index contributed by atoms with van der Waals surface area (Å²) >= 11 is 0. The van der Waals surface area contributed by atoms with Gasteiger partial charge in [0, 0.05) is 5.92 Å². The second kappa shape index (κ2) is 4.91. The molecule has 0 unspecified atom stereocenters. The minimum Gasteiger partial charge on any atom is -0.294 e. The van der Waals surface area contributed by atoms with Crippen LogP contribution in [0.5, 0.6) is 0 Å². The lowest BCUT2D eigenvalue weighted by molar-refractivity contribution is -0.118. The highest BCUT2D eigenvalue weighted by Crippen LogP contribution is 2.14. The third-order valence-corrected chi connectivity index (χ3v) is 1.84. The van der Waals surface area contributed by atoms with Crippen molar-refractivity contribution < 1.29 is 4.79 Å². The predicted molar refractivity (Wildman–Crippen MR) is 53.0 cm³/mol. The van der Waals surface area contributed by atoms with Crippen LogP contribution in [-0.4, -0.2) is 5.78 Å². The number of hydrogen-bond donors (Lipinski definition) is 0. The Labute approximate surface area is 75.2 Å². The van der Waals surface area contributed by atoms with Gasteiger partial charge in [-0.2, -0.15) is 0 Å². The van der Waals surface area contributed by atoms with Crippen molar-refractivity contribution in [1.29, 1.82) is 0 Å². The van der Waals surface area contributed by atoms with E-state index in [1.807, 2.05) is 20.8 Å². The fraction of sp³-hybridized carbons (Fsp3) is 0.545. The van der Waals surface area contributed by atoms with Gasteiger partial charge in [0.2, 0.25) is 0 Å². The van der Waals surface area contributed by atoms with Crippen LogP contribution in [0.4, 0.5) is 0 Å². The molecule has 0 aliphatic carbocycles. The van der Waals surface area contributed by atoms with Gasteiger partial charge in [-0.3, -0.25) is 4.79 Å². The highest BCUT2D eigenvalue weighted by Gasteiger charge is 2.11. The van der Waals surface area contributed by atoms with Gasteiger partial charge in [-0.05, 0) is 18.4 Å². The number of hydrogen-bond acceptors (Lipinski definition) is 1. The molecule has 0 bridgehead atoms. The van der Waals surface area contributed by atoms with Gasteiger partial charge in [-0.1, -0.05) is 39.5 Å². The molecule has 0 aromatic carbocycles. The molecule has 0 aromatic rings. The first kappa shape index (κ1) is 11.2. The van der Waals surface area contributed by atoms with Crippen LogP contribution in [0.2, 0.25) is 0 Å². The molecule has 0 saturated carbocycles. The van der Waals surface area contributed by atoms with Gasteiger partial charge in [-0.15, -0.1) is 0 Å². The molecule has 12 heavy (non-hydrogen) atoms. The lowest BCUT2D eigenvalue weighted by atomic mass is 9.96. The van der Waals surface area contributed by atoms with Crippen LogP contribution in [0.1, 0.15) is 33.6 Å². The van der Waals surface area contributed by atoms with E-state index in [9.17, 15) is 4.79 Å². The number of allylic oxidation sites excluding steroid dienone is 2. The zero-order valence-electron chi connectivity index (χ0n) is 8.31. The summed E-state index contributed by atoms with van der Waals surface area (Å²) in [5.74, 6) is 0.215. The molecule has 0 aromatic heterocycles. The van der Waals surface area contributed by atoms with Crippen molar-refractivity contribution in [2.24, 2.45) is 5.92 Å². The van der Waals surface area contributed by atoms with Gasteiger partial charge in [0.1, 0.15) is 0 Å². The Morgan fingerprint density at radius 2 is 1.83 bits per heavy atom. The molecule has 1 heteroatoms. The molecular weight excluding hydrogens is 148 g/mol. The number of ketones is 1. The Morgan fingerprint density at radius 3 is 2.17 bits per heavy atom. The summed E-state index contributed by atoms with van der Waals surface area (Å²) in [5, 5.41) is 0. The van der Waals surface area contributed by atoms with E-state index < -0.39 is 0 Å². The van der Waals surface area contributed by atoms with Crippen molar-refractivity contribution in [1.82, 2.24) is 0 Å². The van der Waals surface area contributed by atoms with Crippen LogP contribution in [0.25, 0.3) is 0 Å². The van der Waals surface area contributed by atoms with E-state index in [2.05, 4.69) is 13.2 Å². The molecule has 68 valence electrons. The molecule has 0 spiro atoms. The zero-order valence-corrected chi connectivity index (χ0v) is 8.31. The quantitative estimate of drug-likeness (QED) is 0.453. The molecule has 0 aliphatic rings. The molecule has 0 N–H and O–H groups in total. The molecule has 1 nitrogen and oxygen atoms in total. The maximum absolute atomic E-state index is 11.4. The standard InChI is InChI=1S/C11H18O/c1-6-9(4)7-10(5)11(12)8(2)3/h8H,4-7H2,1-3H3. The minimum absolute atomic E-state index is 0.0576. The summed E-state index contributed by atoms with van der Waals surface area (Å²) in [4.78, 5) is 11.4. The van der Waals surface area contributed by atoms with Gasteiger partial charge < -0.3 is 0 Å². The molecule has 0 aliphatic heterocycles. The number of Topliss-reactive ketones (excluding diaryl/α,β-unsaturated/α-hetero) is 1. The molecular formula is C11H18O. The van der Waals surface area contributed by atoms with Gasteiger partial charge in [0.25, 0.3) is 0 Å². The predicted octanol–water partition coefficient (Wildman–Crippen LogP) is 3.12. The van der Waals surface area contributed by atoms with E-state index >= 15 is 0 Å². The molecule has 0 heterocycles. The smallest absolute Gasteiger partial charge is 0.161 e. The first-order valence-electron chi connectivity index (χ1n) is 4.37. The molecule has 0 fully saturated rings. The van der Waals surface area contributed by atoms with Crippen LogP contribution in [0, 0.1) is 5.92 Å². The average Bonchev–Trinajstić information content (AvgIpc) is 2.02. The van der Waals surface area contributed by atoms with Crippen LogP contribution in [0.15, 0.2) is 24.3 Å². The van der Waals surface area contributed by atoms with Crippen LogP contribution in [-0.2, 0) is 4.79 Å². The Bertz CT molecular complexity index is 199. The summed E-state index contributed by atoms with van der Waals surface area (Å²) in [6.45, 7) is 13.4. The molecule has 0 atom stereocenters. The Kier molecular flexibility index (Phi) is 4.57. The van der Waals surface area contributed by atoms with Crippen LogP contribution >= 0.6 is 0 Å². The van der Waals surface area contributed by atoms with Gasteiger partial charge >= 0.3 is 0 Å². The number of rotatable bonds is 5. The monoisotopic (exact) mass is 166 g/mol. The highest BCUT2D eigenvalue weighted by molar-refractivity contribution is 5.96. The van der Waals surface area contributed by atoms with Crippen molar-refractivity contribution in [2.75, 3.05) is 0 Å². The van der Waals surface area contributed by atoms with E-state index in [-0.39, 0.29) is 11.7 Å². The lowest BCUT2D eigenvalue weighted by Crippen LogP contribution is -2.09. The Balaban J connectivity index is 4.05. The second-order valence-electron chi connectivity index (χ2n) is 3.40. The van der Waals surface area contributed by atoms with E-state index in [1.165, 1.54) is 0 Å². The zero-order chi connectivity index (χ0) is 9.72. The summed E-state index contributed by atoms with van der Waals surface area (Å²) < 4.78 is 0. The van der Waals surface area contributed by atoms with E-state index in [0.717, 1.165) is 12.0 Å². The normalized spacial score (nSPS) is 10.0. The molecule has 0 radical (unpaired) electrons. The minimum atomic E-state index is 0.0576. The molecule has 0 saturated heterocycles. The van der Waals surface area contributed by atoms with E-state index in [0.29, 0.717) is 12.0 Å². The Hall–Kier alpha value is -0.850. The van der Waals surface area contributed by atoms with Gasteiger partial charge in [0.05, 0.1) is 0 Å². The largest absolute Gasteiger partial charge is 0.294 e. The van der Waals surface area contributed by atoms with Crippen LogP contribution in [0.3, 0.4) is 0 Å². The first-order chi connectivity index (χ1) is 5.49. The van der Waals surface area contributed by atoms with Crippen molar-refractivity contribution in [2.45, 2.75) is 33.6 Å².